The van der Waals surface area contributed by atoms with Crippen LogP contribution in [-0.4, -0.2) is 11.9 Å². The highest BCUT2D eigenvalue weighted by Crippen LogP contribution is 2.58. The Balaban J connectivity index is 1.66. The summed E-state index contributed by atoms with van der Waals surface area (Å²) in [7, 11) is 0. The number of nitrogens with one attached hydrogen (secondary N) is 1. The number of rotatable bonds is 2. The lowest BCUT2D eigenvalue weighted by Gasteiger charge is -2.32. The van der Waals surface area contributed by atoms with Gasteiger partial charge in [-0.25, -0.2) is 0 Å². The molecule has 16 heavy (non-hydrogen) atoms. The molecule has 3 rings (SSSR count). The van der Waals surface area contributed by atoms with Gasteiger partial charge < -0.3 is 5.32 Å². The molecule has 1 N–H and O–H groups in total. The molecule has 1 amide bonds. The van der Waals surface area contributed by atoms with Crippen molar-refractivity contribution in [2.75, 3.05) is 0 Å². The lowest BCUT2D eigenvalue weighted by Crippen LogP contribution is -2.43. The fraction of sp³-hybridized carbons (Fsp3) is 0.929. The summed E-state index contributed by atoms with van der Waals surface area (Å²) in [4.78, 5) is 11.8. The van der Waals surface area contributed by atoms with Crippen molar-refractivity contribution >= 4 is 5.91 Å². The molecule has 0 heterocycles. The van der Waals surface area contributed by atoms with E-state index in [0.717, 1.165) is 23.7 Å². The van der Waals surface area contributed by atoms with E-state index in [1.165, 1.54) is 32.1 Å². The van der Waals surface area contributed by atoms with Gasteiger partial charge in [-0.2, -0.15) is 0 Å². The number of amides is 1. The van der Waals surface area contributed by atoms with Crippen LogP contribution in [0, 0.1) is 29.6 Å². The molecular formula is C14H23NO. The van der Waals surface area contributed by atoms with E-state index in [1.54, 1.807) is 0 Å². The Morgan fingerprint density at radius 3 is 2.62 bits per heavy atom. The molecule has 0 spiro atoms. The zero-order valence-electron chi connectivity index (χ0n) is 10.4. The van der Waals surface area contributed by atoms with Gasteiger partial charge in [0.1, 0.15) is 0 Å². The maximum atomic E-state index is 11.8. The summed E-state index contributed by atoms with van der Waals surface area (Å²) >= 11 is 0. The number of carbonyl (C=O) groups excluding carboxylic acids is 1. The van der Waals surface area contributed by atoms with Crippen LogP contribution in [0.1, 0.15) is 46.0 Å². The third-order valence-corrected chi connectivity index (χ3v) is 5.28. The average molecular weight is 221 g/mol. The van der Waals surface area contributed by atoms with Gasteiger partial charge in [-0.3, -0.25) is 4.79 Å². The first kappa shape index (κ1) is 10.6. The summed E-state index contributed by atoms with van der Waals surface area (Å²) in [5, 5.41) is 3.28. The van der Waals surface area contributed by atoms with Gasteiger partial charge in [-0.1, -0.05) is 20.3 Å². The molecule has 3 aliphatic rings. The topological polar surface area (TPSA) is 29.1 Å². The van der Waals surface area contributed by atoms with Crippen molar-refractivity contribution in [3.63, 3.8) is 0 Å². The molecule has 2 heteroatoms. The Bertz CT molecular complexity index is 299. The molecule has 0 aromatic carbocycles. The second kappa shape index (κ2) is 3.75. The van der Waals surface area contributed by atoms with E-state index in [1.807, 2.05) is 13.8 Å². The van der Waals surface area contributed by atoms with Crippen LogP contribution in [0.5, 0.6) is 0 Å². The van der Waals surface area contributed by atoms with Crippen molar-refractivity contribution in [1.29, 1.82) is 0 Å². The van der Waals surface area contributed by atoms with Crippen molar-refractivity contribution in [3.05, 3.63) is 0 Å². The van der Waals surface area contributed by atoms with Gasteiger partial charge >= 0.3 is 0 Å². The molecular weight excluding hydrogens is 198 g/mol. The number of hydrogen-bond donors (Lipinski definition) is 1. The van der Waals surface area contributed by atoms with Gasteiger partial charge in [-0.05, 0) is 49.4 Å². The van der Waals surface area contributed by atoms with E-state index >= 15 is 0 Å². The van der Waals surface area contributed by atoms with Crippen LogP contribution >= 0.6 is 0 Å². The summed E-state index contributed by atoms with van der Waals surface area (Å²) < 4.78 is 0. The molecule has 0 aromatic rings. The maximum absolute atomic E-state index is 11.8. The molecule has 3 fully saturated rings. The van der Waals surface area contributed by atoms with Gasteiger partial charge in [0.25, 0.3) is 0 Å². The minimum Gasteiger partial charge on any atom is -0.353 e. The normalized spacial score (nSPS) is 45.1. The highest BCUT2D eigenvalue weighted by atomic mass is 16.1. The highest BCUT2D eigenvalue weighted by molar-refractivity contribution is 5.78. The quantitative estimate of drug-likeness (QED) is 0.763. The number of carbonyl (C=O) groups is 1. The van der Waals surface area contributed by atoms with E-state index in [2.05, 4.69) is 5.32 Å². The Morgan fingerprint density at radius 1 is 1.12 bits per heavy atom. The smallest absolute Gasteiger partial charge is 0.222 e. The van der Waals surface area contributed by atoms with Gasteiger partial charge in [-0.15, -0.1) is 0 Å². The summed E-state index contributed by atoms with van der Waals surface area (Å²) in [6, 6.07) is 0.513. The van der Waals surface area contributed by atoms with Crippen molar-refractivity contribution in [2.45, 2.75) is 52.0 Å². The third-order valence-electron chi connectivity index (χ3n) is 5.28. The van der Waals surface area contributed by atoms with Gasteiger partial charge in [0, 0.05) is 12.0 Å². The predicted octanol–water partition coefficient (Wildman–Crippen LogP) is 2.58. The van der Waals surface area contributed by atoms with E-state index in [0.29, 0.717) is 6.04 Å². The number of fused-ring (bicyclic) bond motifs is 5. The first-order valence-electron chi connectivity index (χ1n) is 6.97. The minimum atomic E-state index is 0.138. The molecule has 0 aliphatic heterocycles. The lowest BCUT2D eigenvalue weighted by molar-refractivity contribution is -0.125. The molecule has 0 radical (unpaired) electrons. The van der Waals surface area contributed by atoms with E-state index in [9.17, 15) is 4.79 Å². The summed E-state index contributed by atoms with van der Waals surface area (Å²) in [6.07, 6.45) is 7.01. The Labute approximate surface area is 98.2 Å². The molecule has 0 aromatic heterocycles. The summed E-state index contributed by atoms with van der Waals surface area (Å²) in [6.45, 7) is 3.97. The van der Waals surface area contributed by atoms with Crippen LogP contribution in [0.3, 0.4) is 0 Å². The van der Waals surface area contributed by atoms with Crippen LogP contribution in [0.4, 0.5) is 0 Å². The van der Waals surface area contributed by atoms with E-state index in [4.69, 9.17) is 0 Å². The average Bonchev–Trinajstić information content (AvgIpc) is 2.87. The minimum absolute atomic E-state index is 0.138. The largest absolute Gasteiger partial charge is 0.353 e. The van der Waals surface area contributed by atoms with Crippen LogP contribution in [0.25, 0.3) is 0 Å². The highest BCUT2D eigenvalue weighted by Gasteiger charge is 2.53. The second-order valence-corrected chi connectivity index (χ2v) is 6.42. The van der Waals surface area contributed by atoms with Crippen molar-refractivity contribution in [2.24, 2.45) is 29.6 Å². The Morgan fingerprint density at radius 2 is 1.88 bits per heavy atom. The first-order chi connectivity index (χ1) is 7.66. The first-order valence-corrected chi connectivity index (χ1v) is 6.97. The molecule has 2 nitrogen and oxygen atoms in total. The van der Waals surface area contributed by atoms with Gasteiger partial charge in [0.05, 0.1) is 0 Å². The predicted molar refractivity (Wildman–Crippen MR) is 63.8 cm³/mol. The molecule has 3 saturated carbocycles. The zero-order valence-corrected chi connectivity index (χ0v) is 10.4. The lowest BCUT2D eigenvalue weighted by atomic mass is 9.79. The van der Waals surface area contributed by atoms with Crippen LogP contribution in [-0.2, 0) is 4.79 Å². The molecule has 5 atom stereocenters. The van der Waals surface area contributed by atoms with Crippen LogP contribution in [0.2, 0.25) is 0 Å². The van der Waals surface area contributed by atoms with Crippen molar-refractivity contribution in [3.8, 4) is 0 Å². The third kappa shape index (κ3) is 1.49. The molecule has 0 saturated heterocycles. The van der Waals surface area contributed by atoms with Crippen molar-refractivity contribution < 1.29 is 4.79 Å². The Kier molecular flexibility index (Phi) is 2.49. The van der Waals surface area contributed by atoms with E-state index in [-0.39, 0.29) is 11.8 Å². The molecule has 90 valence electrons. The second-order valence-electron chi connectivity index (χ2n) is 6.42. The van der Waals surface area contributed by atoms with Gasteiger partial charge in [0.2, 0.25) is 5.91 Å². The van der Waals surface area contributed by atoms with E-state index < -0.39 is 0 Å². The molecule has 0 unspecified atom stereocenters. The monoisotopic (exact) mass is 221 g/mol. The zero-order chi connectivity index (χ0) is 11.3. The van der Waals surface area contributed by atoms with Crippen LogP contribution < -0.4 is 5.32 Å². The fourth-order valence-electron chi connectivity index (χ4n) is 4.58. The molecule has 3 aliphatic carbocycles. The maximum Gasteiger partial charge on any atom is 0.222 e. The Hall–Kier alpha value is -0.530. The SMILES string of the molecule is CC(C)C(=O)N[C@@H]1C[C@H]2C[C@H]1[C@@H]1CCC[C@@H]21. The standard InChI is InChI=1S/C14H23NO/c1-8(2)14(16)15-13-7-9-6-12(13)11-5-3-4-10(9)11/h8-13H,3-7H2,1-2H3,(H,15,16)/t9-,10+,11-,12+,13-/m1/s1. The number of hydrogen-bond acceptors (Lipinski definition) is 1. The van der Waals surface area contributed by atoms with Crippen molar-refractivity contribution in [1.82, 2.24) is 5.32 Å². The van der Waals surface area contributed by atoms with Gasteiger partial charge in [0.15, 0.2) is 0 Å². The summed E-state index contributed by atoms with van der Waals surface area (Å²) in [5.41, 5.74) is 0. The molecule has 2 bridgehead atoms. The van der Waals surface area contributed by atoms with Crippen LogP contribution in [0.15, 0.2) is 0 Å². The fourth-order valence-corrected chi connectivity index (χ4v) is 4.58. The summed E-state index contributed by atoms with van der Waals surface area (Å²) in [5.74, 6) is 4.13.